The number of nitrogens with zero attached hydrogens (tertiary/aromatic N) is 1. The van der Waals surface area contributed by atoms with E-state index in [1.165, 1.54) is 0 Å². The van der Waals surface area contributed by atoms with Gasteiger partial charge in [-0.2, -0.15) is 0 Å². The average Bonchev–Trinajstić information content (AvgIpc) is 2.64. The van der Waals surface area contributed by atoms with Gasteiger partial charge in [0.05, 0.1) is 0 Å². The zero-order chi connectivity index (χ0) is 12.4. The van der Waals surface area contributed by atoms with Crippen LogP contribution in [0.15, 0.2) is 35.0 Å². The summed E-state index contributed by atoms with van der Waals surface area (Å²) >= 11 is 5.79. The molecule has 1 aromatic rings. The highest BCUT2D eigenvalue weighted by atomic mass is 35.5. The Bertz CT molecular complexity index is 501. The van der Waals surface area contributed by atoms with Gasteiger partial charge in [-0.15, -0.1) is 0 Å². The highest BCUT2D eigenvalue weighted by Crippen LogP contribution is 2.16. The second-order valence-corrected chi connectivity index (χ2v) is 4.62. The number of hydrogen-bond donors (Lipinski definition) is 1. The summed E-state index contributed by atoms with van der Waals surface area (Å²) in [6.07, 6.45) is 1.75. The highest BCUT2D eigenvalue weighted by Gasteiger charge is 2.21. The summed E-state index contributed by atoms with van der Waals surface area (Å²) in [5.74, 6) is 0.786. The monoisotopic (exact) mass is 248 g/mol. The third-order valence-corrected chi connectivity index (χ3v) is 2.69. The Morgan fingerprint density at radius 2 is 1.94 bits per heavy atom. The molecule has 4 heteroatoms. The van der Waals surface area contributed by atoms with Crippen LogP contribution in [0.25, 0.3) is 6.08 Å². The van der Waals surface area contributed by atoms with Crippen LogP contribution in [0, 0.1) is 5.92 Å². The first kappa shape index (κ1) is 11.9. The van der Waals surface area contributed by atoms with Gasteiger partial charge < -0.3 is 5.32 Å². The number of carbonyl (C=O) groups excluding carboxylic acids is 1. The number of carbonyl (C=O) groups is 1. The van der Waals surface area contributed by atoms with Crippen LogP contribution in [0.4, 0.5) is 0 Å². The number of benzene rings is 1. The first-order chi connectivity index (χ1) is 8.06. The maximum atomic E-state index is 11.6. The van der Waals surface area contributed by atoms with Crippen LogP contribution in [0.3, 0.4) is 0 Å². The van der Waals surface area contributed by atoms with Gasteiger partial charge in [0.25, 0.3) is 5.91 Å². The van der Waals surface area contributed by atoms with E-state index < -0.39 is 0 Å². The zero-order valence-electron chi connectivity index (χ0n) is 9.70. The van der Waals surface area contributed by atoms with E-state index in [9.17, 15) is 4.79 Å². The molecule has 1 amide bonds. The number of amides is 1. The molecule has 0 saturated heterocycles. The van der Waals surface area contributed by atoms with Crippen molar-refractivity contribution >= 4 is 29.4 Å². The molecule has 17 heavy (non-hydrogen) atoms. The summed E-state index contributed by atoms with van der Waals surface area (Å²) in [5.41, 5.74) is 1.35. The average molecular weight is 249 g/mol. The predicted octanol–water partition coefficient (Wildman–Crippen LogP) is 2.87. The minimum atomic E-state index is -0.149. The number of amidine groups is 1. The summed E-state index contributed by atoms with van der Waals surface area (Å²) in [5, 5.41) is 3.43. The van der Waals surface area contributed by atoms with Crippen LogP contribution in [0.2, 0.25) is 5.02 Å². The van der Waals surface area contributed by atoms with E-state index in [0.29, 0.717) is 10.7 Å². The quantitative estimate of drug-likeness (QED) is 0.804. The Morgan fingerprint density at radius 3 is 2.47 bits per heavy atom. The van der Waals surface area contributed by atoms with Gasteiger partial charge in [0.2, 0.25) is 0 Å². The van der Waals surface area contributed by atoms with Crippen LogP contribution in [-0.2, 0) is 4.79 Å². The molecular formula is C13H13ClN2O. The summed E-state index contributed by atoms with van der Waals surface area (Å²) in [7, 11) is 0. The van der Waals surface area contributed by atoms with E-state index in [4.69, 9.17) is 11.6 Å². The van der Waals surface area contributed by atoms with Gasteiger partial charge in [0.1, 0.15) is 11.5 Å². The summed E-state index contributed by atoms with van der Waals surface area (Å²) in [6, 6.07) is 7.28. The maximum Gasteiger partial charge on any atom is 0.275 e. The van der Waals surface area contributed by atoms with Gasteiger partial charge in [-0.25, -0.2) is 4.99 Å². The lowest BCUT2D eigenvalue weighted by atomic mass is 10.2. The molecule has 0 aliphatic carbocycles. The Kier molecular flexibility index (Phi) is 3.29. The Hall–Kier alpha value is -1.61. The smallest absolute Gasteiger partial charge is 0.275 e. The third kappa shape index (κ3) is 2.74. The molecular weight excluding hydrogens is 236 g/mol. The Morgan fingerprint density at radius 1 is 1.29 bits per heavy atom. The third-order valence-electron chi connectivity index (χ3n) is 2.44. The lowest BCUT2D eigenvalue weighted by Crippen LogP contribution is -2.27. The minimum Gasteiger partial charge on any atom is -0.308 e. The number of hydrogen-bond acceptors (Lipinski definition) is 2. The number of rotatable bonds is 2. The van der Waals surface area contributed by atoms with Crippen LogP contribution in [0.1, 0.15) is 19.4 Å². The Labute approximate surface area is 105 Å². The van der Waals surface area contributed by atoms with E-state index in [0.717, 1.165) is 11.4 Å². The maximum absolute atomic E-state index is 11.6. The van der Waals surface area contributed by atoms with Gasteiger partial charge >= 0.3 is 0 Å². The lowest BCUT2D eigenvalue weighted by molar-refractivity contribution is -0.115. The molecule has 0 unspecified atom stereocenters. The topological polar surface area (TPSA) is 41.5 Å². The molecule has 1 aliphatic heterocycles. The molecule has 1 aromatic carbocycles. The molecule has 0 fully saturated rings. The van der Waals surface area contributed by atoms with Crippen molar-refractivity contribution in [2.75, 3.05) is 0 Å². The number of nitrogens with one attached hydrogen (secondary N) is 1. The van der Waals surface area contributed by atoms with Crippen molar-refractivity contribution in [2.24, 2.45) is 10.9 Å². The summed E-state index contributed by atoms with van der Waals surface area (Å²) in [4.78, 5) is 15.9. The molecule has 88 valence electrons. The van der Waals surface area contributed by atoms with Gasteiger partial charge in [0, 0.05) is 10.9 Å². The number of aliphatic imine (C=N–C) groups is 1. The van der Waals surface area contributed by atoms with E-state index in [-0.39, 0.29) is 11.8 Å². The Balaban J connectivity index is 2.28. The molecule has 0 atom stereocenters. The molecule has 2 rings (SSSR count). The van der Waals surface area contributed by atoms with E-state index in [2.05, 4.69) is 10.3 Å². The van der Waals surface area contributed by atoms with Crippen molar-refractivity contribution in [2.45, 2.75) is 13.8 Å². The molecule has 3 nitrogen and oxygen atoms in total. The largest absolute Gasteiger partial charge is 0.308 e. The van der Waals surface area contributed by atoms with E-state index in [1.807, 2.05) is 26.0 Å². The fourth-order valence-electron chi connectivity index (χ4n) is 1.48. The van der Waals surface area contributed by atoms with Crippen molar-refractivity contribution in [1.82, 2.24) is 5.32 Å². The van der Waals surface area contributed by atoms with Crippen molar-refractivity contribution in [3.05, 3.63) is 40.5 Å². The first-order valence-electron chi connectivity index (χ1n) is 5.43. The first-order valence-corrected chi connectivity index (χ1v) is 5.81. The SMILES string of the molecule is CC(C)C1=N/C(=C/c2ccc(Cl)cc2)C(=O)N1. The van der Waals surface area contributed by atoms with E-state index >= 15 is 0 Å². The molecule has 1 N–H and O–H groups in total. The van der Waals surface area contributed by atoms with Gasteiger partial charge in [-0.05, 0) is 23.8 Å². The van der Waals surface area contributed by atoms with Gasteiger partial charge in [-0.1, -0.05) is 37.6 Å². The number of halogens is 1. The van der Waals surface area contributed by atoms with Crippen molar-refractivity contribution < 1.29 is 4.79 Å². The summed E-state index contributed by atoms with van der Waals surface area (Å²) in [6.45, 7) is 3.98. The van der Waals surface area contributed by atoms with Gasteiger partial charge in [-0.3, -0.25) is 4.79 Å². The molecule has 1 aliphatic rings. The predicted molar refractivity (Wildman–Crippen MR) is 69.8 cm³/mol. The molecule has 0 spiro atoms. The second kappa shape index (κ2) is 4.72. The molecule has 0 saturated carbocycles. The van der Waals surface area contributed by atoms with E-state index in [1.54, 1.807) is 18.2 Å². The lowest BCUT2D eigenvalue weighted by Gasteiger charge is -2.01. The highest BCUT2D eigenvalue weighted by molar-refractivity contribution is 6.30. The van der Waals surface area contributed by atoms with Crippen LogP contribution in [0.5, 0.6) is 0 Å². The second-order valence-electron chi connectivity index (χ2n) is 4.19. The van der Waals surface area contributed by atoms with Crippen LogP contribution < -0.4 is 5.32 Å². The fraction of sp³-hybridized carbons (Fsp3) is 0.231. The van der Waals surface area contributed by atoms with Crippen LogP contribution in [-0.4, -0.2) is 11.7 Å². The minimum absolute atomic E-state index is 0.149. The molecule has 0 radical (unpaired) electrons. The molecule has 0 bridgehead atoms. The van der Waals surface area contributed by atoms with Gasteiger partial charge in [0.15, 0.2) is 0 Å². The summed E-state index contributed by atoms with van der Waals surface area (Å²) < 4.78 is 0. The normalized spacial score (nSPS) is 17.5. The standard InChI is InChI=1S/C13H13ClN2O/c1-8(2)12-15-11(13(17)16-12)7-9-3-5-10(14)6-4-9/h3-8H,1-2H3,(H,15,16,17)/b11-7+. The molecule has 1 heterocycles. The van der Waals surface area contributed by atoms with Crippen molar-refractivity contribution in [3.63, 3.8) is 0 Å². The van der Waals surface area contributed by atoms with Crippen molar-refractivity contribution in [1.29, 1.82) is 0 Å². The molecule has 0 aromatic heterocycles. The van der Waals surface area contributed by atoms with Crippen molar-refractivity contribution in [3.8, 4) is 0 Å². The fourth-order valence-corrected chi connectivity index (χ4v) is 1.60. The zero-order valence-corrected chi connectivity index (χ0v) is 10.5. The van der Waals surface area contributed by atoms with Crippen LogP contribution >= 0.6 is 11.6 Å².